The molecule has 0 fully saturated rings. The maximum atomic E-state index is 3.61. The van der Waals surface area contributed by atoms with E-state index in [9.17, 15) is 0 Å². The molecule has 0 spiro atoms. The van der Waals surface area contributed by atoms with E-state index in [-0.39, 0.29) is 0 Å². The molecule has 0 atom stereocenters. The minimum atomic E-state index is 1.08. The lowest BCUT2D eigenvalue weighted by Crippen LogP contribution is -1.93. The van der Waals surface area contributed by atoms with Crippen molar-refractivity contribution in [2.75, 3.05) is 5.32 Å². The maximum absolute atomic E-state index is 3.61. The third-order valence-corrected chi connectivity index (χ3v) is 7.11. The number of fused-ring (bicyclic) bond motifs is 3. The van der Waals surface area contributed by atoms with Crippen molar-refractivity contribution in [3.8, 4) is 22.3 Å². The predicted molar refractivity (Wildman–Crippen MR) is 140 cm³/mol. The molecular weight excluding hydrogens is 406 g/mol. The summed E-state index contributed by atoms with van der Waals surface area (Å²) < 4.78 is 2.69. The molecule has 0 radical (unpaired) electrons. The summed E-state index contributed by atoms with van der Waals surface area (Å²) in [4.78, 5) is 0. The second kappa shape index (κ2) is 7.99. The Morgan fingerprint density at radius 2 is 1.12 bits per heavy atom. The van der Waals surface area contributed by atoms with Gasteiger partial charge >= 0.3 is 0 Å². The van der Waals surface area contributed by atoms with Crippen molar-refractivity contribution >= 4 is 42.9 Å². The minimum Gasteiger partial charge on any atom is -0.355 e. The molecule has 6 aromatic rings. The fraction of sp³-hybridized carbons (Fsp3) is 0. The molecule has 0 saturated heterocycles. The number of hydrogen-bond acceptors (Lipinski definition) is 2. The molecule has 0 bridgehead atoms. The average molecular weight is 428 g/mol. The topological polar surface area (TPSA) is 12.0 Å². The van der Waals surface area contributed by atoms with Crippen LogP contribution in [0.15, 0.2) is 121 Å². The van der Waals surface area contributed by atoms with E-state index >= 15 is 0 Å². The number of rotatable bonds is 4. The quantitative estimate of drug-likeness (QED) is 0.296. The Morgan fingerprint density at radius 1 is 0.469 bits per heavy atom. The number of benzene rings is 5. The second-order valence-corrected chi connectivity index (χ2v) is 8.95. The van der Waals surface area contributed by atoms with E-state index in [0.29, 0.717) is 0 Å². The molecule has 0 amide bonds. The van der Waals surface area contributed by atoms with Gasteiger partial charge in [-0.05, 0) is 41.0 Å². The highest BCUT2D eigenvalue weighted by Crippen LogP contribution is 2.40. The summed E-state index contributed by atoms with van der Waals surface area (Å²) in [6.07, 6.45) is 0. The summed E-state index contributed by atoms with van der Waals surface area (Å²) in [5.74, 6) is 0. The lowest BCUT2D eigenvalue weighted by molar-refractivity contribution is 1.53. The molecule has 1 nitrogen and oxygen atoms in total. The zero-order valence-corrected chi connectivity index (χ0v) is 18.3. The van der Waals surface area contributed by atoms with Gasteiger partial charge in [-0.25, -0.2) is 0 Å². The second-order valence-electron chi connectivity index (χ2n) is 7.89. The first-order chi connectivity index (χ1) is 15.9. The molecule has 1 heterocycles. The fourth-order valence-corrected chi connectivity index (χ4v) is 5.56. The van der Waals surface area contributed by atoms with Gasteiger partial charge in [-0.15, -0.1) is 11.3 Å². The van der Waals surface area contributed by atoms with E-state index in [0.717, 1.165) is 11.4 Å². The summed E-state index contributed by atoms with van der Waals surface area (Å²) in [5.41, 5.74) is 7.14. The van der Waals surface area contributed by atoms with E-state index in [1.54, 1.807) is 0 Å². The Labute approximate surface area is 191 Å². The molecule has 6 rings (SSSR count). The largest absolute Gasteiger partial charge is 0.355 e. The van der Waals surface area contributed by atoms with E-state index in [1.807, 2.05) is 11.3 Å². The normalized spacial score (nSPS) is 11.1. The van der Waals surface area contributed by atoms with Gasteiger partial charge in [0.05, 0.1) is 0 Å². The van der Waals surface area contributed by atoms with E-state index in [1.165, 1.54) is 42.4 Å². The SMILES string of the molecule is c1ccc(-c2ccccc2Nc2ccc(-c3cccc4c3sc3ccccc34)cc2)cc1. The first-order valence-corrected chi connectivity index (χ1v) is 11.6. The highest BCUT2D eigenvalue weighted by atomic mass is 32.1. The summed E-state index contributed by atoms with van der Waals surface area (Å²) in [5, 5.41) is 6.28. The lowest BCUT2D eigenvalue weighted by Gasteiger charge is -2.13. The van der Waals surface area contributed by atoms with Crippen molar-refractivity contribution in [2.24, 2.45) is 0 Å². The Kier molecular flexibility index (Phi) is 4.71. The highest BCUT2D eigenvalue weighted by Gasteiger charge is 2.10. The predicted octanol–water partition coefficient (Wildman–Crippen LogP) is 9.13. The molecule has 32 heavy (non-hydrogen) atoms. The van der Waals surface area contributed by atoms with Crippen molar-refractivity contribution in [2.45, 2.75) is 0 Å². The summed E-state index contributed by atoms with van der Waals surface area (Å²) in [6.45, 7) is 0. The lowest BCUT2D eigenvalue weighted by atomic mass is 10.0. The summed E-state index contributed by atoms with van der Waals surface area (Å²) >= 11 is 1.87. The van der Waals surface area contributed by atoms with Crippen LogP contribution in [0.5, 0.6) is 0 Å². The smallest absolute Gasteiger partial charge is 0.0463 e. The minimum absolute atomic E-state index is 1.08. The molecule has 5 aromatic carbocycles. The molecule has 0 aliphatic heterocycles. The van der Waals surface area contributed by atoms with Crippen LogP contribution in [0.4, 0.5) is 11.4 Å². The molecule has 1 aromatic heterocycles. The molecule has 0 saturated carbocycles. The van der Waals surface area contributed by atoms with Crippen molar-refractivity contribution in [1.82, 2.24) is 0 Å². The van der Waals surface area contributed by atoms with Crippen LogP contribution >= 0.6 is 11.3 Å². The highest BCUT2D eigenvalue weighted by molar-refractivity contribution is 7.26. The third kappa shape index (κ3) is 3.35. The maximum Gasteiger partial charge on any atom is 0.0463 e. The van der Waals surface area contributed by atoms with Crippen molar-refractivity contribution in [1.29, 1.82) is 0 Å². The van der Waals surface area contributed by atoms with E-state index in [2.05, 4.69) is 127 Å². The molecule has 1 N–H and O–H groups in total. The number of nitrogens with one attached hydrogen (secondary N) is 1. The standard InChI is InChI=1S/C30H21NS/c1-2-9-21(10-3-1)24-11-4-6-15-28(24)31-23-19-17-22(18-20-23)25-13-8-14-27-26-12-5-7-16-29(26)32-30(25)27/h1-20,31H. The molecule has 2 heteroatoms. The van der Waals surface area contributed by atoms with Gasteiger partial charge in [0.1, 0.15) is 0 Å². The van der Waals surface area contributed by atoms with Gasteiger partial charge < -0.3 is 5.32 Å². The van der Waals surface area contributed by atoms with Crippen LogP contribution in [0, 0.1) is 0 Å². The van der Waals surface area contributed by atoms with Crippen molar-refractivity contribution in [3.63, 3.8) is 0 Å². The molecular formula is C30H21NS. The van der Waals surface area contributed by atoms with E-state index < -0.39 is 0 Å². The van der Waals surface area contributed by atoms with Gasteiger partial charge in [-0.2, -0.15) is 0 Å². The summed E-state index contributed by atoms with van der Waals surface area (Å²) in [7, 11) is 0. The van der Waals surface area contributed by atoms with Gasteiger partial charge in [0.2, 0.25) is 0 Å². The van der Waals surface area contributed by atoms with Gasteiger partial charge in [-0.1, -0.05) is 97.1 Å². The first kappa shape index (κ1) is 18.9. The molecule has 152 valence electrons. The number of hydrogen-bond donors (Lipinski definition) is 1. The fourth-order valence-electron chi connectivity index (χ4n) is 4.32. The van der Waals surface area contributed by atoms with Crippen molar-refractivity contribution < 1.29 is 0 Å². The van der Waals surface area contributed by atoms with Crippen LogP contribution in [0.3, 0.4) is 0 Å². The van der Waals surface area contributed by atoms with Crippen LogP contribution < -0.4 is 5.32 Å². The van der Waals surface area contributed by atoms with Crippen LogP contribution in [0.1, 0.15) is 0 Å². The Hall–Kier alpha value is -3.88. The molecule has 0 aliphatic carbocycles. The number of anilines is 2. The Balaban J connectivity index is 1.35. The van der Waals surface area contributed by atoms with Gasteiger partial charge in [0.25, 0.3) is 0 Å². The average Bonchev–Trinajstić information content (AvgIpc) is 3.24. The first-order valence-electron chi connectivity index (χ1n) is 10.8. The van der Waals surface area contributed by atoms with Gasteiger partial charge in [-0.3, -0.25) is 0 Å². The van der Waals surface area contributed by atoms with Crippen LogP contribution in [0.25, 0.3) is 42.4 Å². The Morgan fingerprint density at radius 3 is 2.00 bits per heavy atom. The van der Waals surface area contributed by atoms with Gasteiger partial charge in [0, 0.05) is 37.1 Å². The van der Waals surface area contributed by atoms with Crippen LogP contribution in [-0.4, -0.2) is 0 Å². The monoisotopic (exact) mass is 427 g/mol. The Bertz CT molecular complexity index is 1530. The van der Waals surface area contributed by atoms with Crippen LogP contribution in [0.2, 0.25) is 0 Å². The van der Waals surface area contributed by atoms with Crippen LogP contribution in [-0.2, 0) is 0 Å². The van der Waals surface area contributed by atoms with Gasteiger partial charge in [0.15, 0.2) is 0 Å². The zero-order chi connectivity index (χ0) is 21.3. The number of thiophene rings is 1. The zero-order valence-electron chi connectivity index (χ0n) is 17.5. The third-order valence-electron chi connectivity index (χ3n) is 5.89. The molecule has 0 unspecified atom stereocenters. The van der Waals surface area contributed by atoms with E-state index in [4.69, 9.17) is 0 Å². The number of para-hydroxylation sites is 1. The van der Waals surface area contributed by atoms with Crippen molar-refractivity contribution in [3.05, 3.63) is 121 Å². The summed E-state index contributed by atoms with van der Waals surface area (Å²) in [6, 6.07) is 43.0. The molecule has 0 aliphatic rings.